The second-order valence-corrected chi connectivity index (χ2v) is 19.2. The fraction of sp³-hybridized carbons (Fsp3) is 0.542. The number of aromatic amines is 2. The first kappa shape index (κ1) is 46.0. The Balaban J connectivity index is 1.05. The SMILES string of the molecule is COC(=O)NC(C(=O)N1CC(F)(F)CC1c1ncc(-c2ccc(-c3ccc(-c4cnc([C@@H]5CC(F)(F)CN5C(=O)C(NCCC=O)C(C)C)[nH]4)cc3)c3c2CC2(CCCC2)C3)[nH]1)C(C)C. The van der Waals surface area contributed by atoms with Gasteiger partial charge in [-0.05, 0) is 70.8 Å². The van der Waals surface area contributed by atoms with Gasteiger partial charge in [-0.15, -0.1) is 0 Å². The molecule has 2 aliphatic heterocycles. The number of hydrogen-bond acceptors (Lipinski definition) is 8. The zero-order valence-electron chi connectivity index (χ0n) is 37.5. The van der Waals surface area contributed by atoms with Gasteiger partial charge >= 0.3 is 6.09 Å². The number of fused-ring (bicyclic) bond motifs is 1. The number of likely N-dealkylation sites (tertiary alicyclic amines) is 2. The highest BCUT2D eigenvalue weighted by atomic mass is 19.3. The molecular formula is C48H58F4N8O5. The van der Waals surface area contributed by atoms with Gasteiger partial charge in [0.15, 0.2) is 0 Å². The Morgan fingerprint density at radius 2 is 1.28 bits per heavy atom. The number of aromatic nitrogens is 4. The molecule has 4 heterocycles. The Bertz CT molecular complexity index is 2410. The molecule has 17 heteroatoms. The van der Waals surface area contributed by atoms with Crippen LogP contribution in [-0.2, 0) is 32.0 Å². The topological polar surface area (TPSA) is 165 Å². The molecule has 13 nitrogen and oxygen atoms in total. The van der Waals surface area contributed by atoms with Crippen LogP contribution in [0.4, 0.5) is 22.4 Å². The Morgan fingerprint density at radius 1 is 0.769 bits per heavy atom. The first-order valence-corrected chi connectivity index (χ1v) is 22.7. The molecule has 4 aromatic rings. The molecule has 0 bridgehead atoms. The summed E-state index contributed by atoms with van der Waals surface area (Å²) in [4.78, 5) is 68.4. The van der Waals surface area contributed by atoms with Gasteiger partial charge in [0.05, 0.1) is 62.1 Å². The van der Waals surface area contributed by atoms with Crippen molar-refractivity contribution in [2.75, 3.05) is 26.7 Å². The zero-order chi connectivity index (χ0) is 46.4. The third-order valence-electron chi connectivity index (χ3n) is 13.9. The average Bonchev–Trinajstić information content (AvgIpc) is 4.14. The normalized spacial score (nSPS) is 21.6. The molecule has 4 aliphatic rings. The fourth-order valence-electron chi connectivity index (χ4n) is 10.6. The molecule has 4 N–H and O–H groups in total. The third kappa shape index (κ3) is 9.30. The maximum Gasteiger partial charge on any atom is 0.407 e. The number of methoxy groups -OCH3 is 1. The number of ether oxygens (including phenoxy) is 1. The quantitative estimate of drug-likeness (QED) is 0.0559. The van der Waals surface area contributed by atoms with E-state index in [2.05, 4.69) is 36.6 Å². The summed E-state index contributed by atoms with van der Waals surface area (Å²) in [7, 11) is 1.18. The minimum atomic E-state index is -3.16. The smallest absolute Gasteiger partial charge is 0.407 e. The van der Waals surface area contributed by atoms with Crippen molar-refractivity contribution in [3.8, 4) is 33.6 Å². The van der Waals surface area contributed by atoms with Crippen LogP contribution in [0.15, 0.2) is 48.8 Å². The molecule has 4 atom stereocenters. The molecule has 0 radical (unpaired) electrons. The molecule has 2 aromatic heterocycles. The van der Waals surface area contributed by atoms with Crippen molar-refractivity contribution in [2.45, 2.75) is 121 Å². The highest BCUT2D eigenvalue weighted by Crippen LogP contribution is 2.53. The highest BCUT2D eigenvalue weighted by Gasteiger charge is 2.52. The van der Waals surface area contributed by atoms with Crippen LogP contribution < -0.4 is 10.6 Å². The standard InChI is InChI=1S/C48H58F4N8O5/c1-27(2)39(53-17-8-18-61)43(62)59-25-47(49,50)21-37(59)41-54-23-35(56-41)30-11-9-29(10-12-30)31-13-14-32(34-20-46(19-33(31)34)15-6-7-16-46)36-24-55-42(57-36)38-22-48(51,52)26-60(38)44(63)40(28(3)4)58-45(64)65-5/h9-14,18,23-24,27-28,37-40,53H,6-8,15-17,19-22,25-26H2,1-5H3,(H,54,56)(H,55,57)(H,58,64)/t37-,38?,39?,40?/m0/s1. The van der Waals surface area contributed by atoms with E-state index in [0.717, 1.165) is 72.0 Å². The lowest BCUT2D eigenvalue weighted by Crippen LogP contribution is -2.51. The van der Waals surface area contributed by atoms with E-state index >= 15 is 8.78 Å². The maximum atomic E-state index is 15.1. The number of amides is 3. The average molecular weight is 903 g/mol. The molecule has 8 rings (SSSR count). The van der Waals surface area contributed by atoms with Crippen LogP contribution in [0.25, 0.3) is 33.6 Å². The Labute approximate surface area is 375 Å². The Hall–Kier alpha value is -5.58. The number of hydrogen-bond donors (Lipinski definition) is 4. The minimum absolute atomic E-state index is 0.116. The lowest BCUT2D eigenvalue weighted by atomic mass is 9.82. The number of nitrogens with zero attached hydrogens (tertiary/aromatic N) is 4. The van der Waals surface area contributed by atoms with Crippen molar-refractivity contribution in [2.24, 2.45) is 17.3 Å². The summed E-state index contributed by atoms with van der Waals surface area (Å²) in [5.74, 6) is -7.39. The van der Waals surface area contributed by atoms with Gasteiger partial charge < -0.3 is 39.9 Å². The number of imidazole rings is 2. The summed E-state index contributed by atoms with van der Waals surface area (Å²) in [6, 6.07) is 8.31. The largest absolute Gasteiger partial charge is 0.453 e. The van der Waals surface area contributed by atoms with E-state index in [1.165, 1.54) is 23.1 Å². The number of alkyl halides is 4. The van der Waals surface area contributed by atoms with Crippen LogP contribution in [-0.4, -0.2) is 105 Å². The molecule has 2 saturated heterocycles. The number of benzene rings is 2. The zero-order valence-corrected chi connectivity index (χ0v) is 37.5. The van der Waals surface area contributed by atoms with Crippen molar-refractivity contribution in [1.82, 2.24) is 40.4 Å². The molecule has 2 aliphatic carbocycles. The number of H-pyrrole nitrogens is 2. The van der Waals surface area contributed by atoms with Crippen LogP contribution in [0.5, 0.6) is 0 Å². The van der Waals surface area contributed by atoms with E-state index in [0.29, 0.717) is 11.4 Å². The molecule has 3 fully saturated rings. The first-order valence-electron chi connectivity index (χ1n) is 22.7. The lowest BCUT2D eigenvalue weighted by Gasteiger charge is -2.30. The predicted molar refractivity (Wildman–Crippen MR) is 235 cm³/mol. The van der Waals surface area contributed by atoms with Gasteiger partial charge in [-0.1, -0.05) is 76.9 Å². The summed E-state index contributed by atoms with van der Waals surface area (Å²) in [6.07, 6.45) is 8.47. The van der Waals surface area contributed by atoms with Crippen LogP contribution in [0.1, 0.15) is 108 Å². The molecular weight excluding hydrogens is 845 g/mol. The van der Waals surface area contributed by atoms with Crippen molar-refractivity contribution in [1.29, 1.82) is 0 Å². The molecule has 3 amide bonds. The van der Waals surface area contributed by atoms with Gasteiger partial charge in [0.2, 0.25) is 11.8 Å². The first-order chi connectivity index (χ1) is 30.9. The van der Waals surface area contributed by atoms with Gasteiger partial charge in [0, 0.05) is 31.4 Å². The number of rotatable bonds is 14. The van der Waals surface area contributed by atoms with Gasteiger partial charge in [-0.25, -0.2) is 32.3 Å². The number of alkyl carbamates (subject to hydrolysis) is 1. The van der Waals surface area contributed by atoms with Crippen molar-refractivity contribution in [3.05, 3.63) is 71.6 Å². The molecule has 65 heavy (non-hydrogen) atoms. The van der Waals surface area contributed by atoms with E-state index in [1.54, 1.807) is 26.2 Å². The number of nitrogens with one attached hydrogen (secondary N) is 4. The van der Waals surface area contributed by atoms with Gasteiger partial charge in [0.1, 0.15) is 24.0 Å². The monoisotopic (exact) mass is 902 g/mol. The Morgan fingerprint density at radius 3 is 1.83 bits per heavy atom. The lowest BCUT2D eigenvalue weighted by molar-refractivity contribution is -0.137. The van der Waals surface area contributed by atoms with Crippen LogP contribution in [0.3, 0.4) is 0 Å². The van der Waals surface area contributed by atoms with Crippen molar-refractivity contribution in [3.63, 3.8) is 0 Å². The van der Waals surface area contributed by atoms with Gasteiger partial charge in [0.25, 0.3) is 11.8 Å². The molecule has 1 saturated carbocycles. The van der Waals surface area contributed by atoms with E-state index in [-0.39, 0.29) is 41.9 Å². The Kier molecular flexibility index (Phi) is 12.7. The van der Waals surface area contributed by atoms with E-state index in [9.17, 15) is 28.0 Å². The number of carbonyl (C=O) groups excluding carboxylic acids is 4. The number of halogens is 4. The molecule has 348 valence electrons. The van der Waals surface area contributed by atoms with Crippen LogP contribution in [0, 0.1) is 17.3 Å². The molecule has 1 spiro atoms. The summed E-state index contributed by atoms with van der Waals surface area (Å²) in [5, 5.41) is 5.58. The summed E-state index contributed by atoms with van der Waals surface area (Å²) in [5.41, 5.74) is 7.62. The summed E-state index contributed by atoms with van der Waals surface area (Å²) >= 11 is 0. The second-order valence-electron chi connectivity index (χ2n) is 19.2. The van der Waals surface area contributed by atoms with Crippen molar-refractivity contribution >= 4 is 24.2 Å². The fourth-order valence-corrected chi connectivity index (χ4v) is 10.6. The second kappa shape index (κ2) is 18.0. The van der Waals surface area contributed by atoms with E-state index < -0.39 is 79.9 Å². The van der Waals surface area contributed by atoms with Gasteiger partial charge in [-0.2, -0.15) is 0 Å². The number of carbonyl (C=O) groups is 4. The third-order valence-corrected chi connectivity index (χ3v) is 13.9. The molecule has 2 aromatic carbocycles. The van der Waals surface area contributed by atoms with Crippen molar-refractivity contribution < 1.29 is 41.5 Å². The summed E-state index contributed by atoms with van der Waals surface area (Å²) < 4.78 is 64.9. The predicted octanol–water partition coefficient (Wildman–Crippen LogP) is 8.19. The highest BCUT2D eigenvalue weighted by molar-refractivity contribution is 5.87. The summed E-state index contributed by atoms with van der Waals surface area (Å²) in [6.45, 7) is 5.86. The van der Waals surface area contributed by atoms with Crippen LogP contribution >= 0.6 is 0 Å². The maximum absolute atomic E-state index is 15.1. The van der Waals surface area contributed by atoms with E-state index in [1.807, 2.05) is 44.2 Å². The van der Waals surface area contributed by atoms with Crippen LogP contribution in [0.2, 0.25) is 0 Å². The van der Waals surface area contributed by atoms with Gasteiger partial charge in [-0.3, -0.25) is 9.59 Å². The minimum Gasteiger partial charge on any atom is -0.453 e. The molecule has 3 unspecified atom stereocenters. The number of aldehydes is 1. The van der Waals surface area contributed by atoms with E-state index in [4.69, 9.17) is 4.74 Å².